The molecule has 1 saturated carbocycles. The van der Waals surface area contributed by atoms with Crippen molar-refractivity contribution >= 4 is 17.4 Å². The van der Waals surface area contributed by atoms with Crippen molar-refractivity contribution in [3.05, 3.63) is 29.8 Å². The minimum absolute atomic E-state index is 0.00546. The van der Waals surface area contributed by atoms with E-state index in [0.29, 0.717) is 17.8 Å². The zero-order chi connectivity index (χ0) is 15.3. The third-order valence-electron chi connectivity index (χ3n) is 4.46. The van der Waals surface area contributed by atoms with Gasteiger partial charge in [0.2, 0.25) is 5.91 Å². The molecular formula is C17H24N2O2. The Kier molecular flexibility index (Phi) is 5.12. The zero-order valence-corrected chi connectivity index (χ0v) is 12.7. The standard InChI is InChI=1S/C17H24N2O2/c1-13(20)14-7-6-8-15(11-14)19-16(21)17(12-18)9-4-2-3-5-10-17/h6-8,11H,2-5,9-10,12,18H2,1H3,(H,19,21). The molecule has 21 heavy (non-hydrogen) atoms. The highest BCUT2D eigenvalue weighted by Crippen LogP contribution is 2.35. The highest BCUT2D eigenvalue weighted by atomic mass is 16.2. The van der Waals surface area contributed by atoms with Gasteiger partial charge in [0.15, 0.2) is 5.78 Å². The summed E-state index contributed by atoms with van der Waals surface area (Å²) in [4.78, 5) is 24.1. The molecule has 0 heterocycles. The maximum absolute atomic E-state index is 12.7. The molecular weight excluding hydrogens is 264 g/mol. The molecule has 114 valence electrons. The van der Waals surface area contributed by atoms with E-state index in [1.807, 2.05) is 6.07 Å². The van der Waals surface area contributed by atoms with Crippen molar-refractivity contribution in [2.45, 2.75) is 45.4 Å². The van der Waals surface area contributed by atoms with Crippen LogP contribution in [0.25, 0.3) is 0 Å². The molecule has 1 aliphatic rings. The molecule has 0 saturated heterocycles. The van der Waals surface area contributed by atoms with Gasteiger partial charge in [-0.15, -0.1) is 0 Å². The van der Waals surface area contributed by atoms with Gasteiger partial charge < -0.3 is 11.1 Å². The molecule has 1 fully saturated rings. The van der Waals surface area contributed by atoms with Gasteiger partial charge in [-0.2, -0.15) is 0 Å². The van der Waals surface area contributed by atoms with Gasteiger partial charge in [0, 0.05) is 17.8 Å². The van der Waals surface area contributed by atoms with Gasteiger partial charge in [0.1, 0.15) is 0 Å². The summed E-state index contributed by atoms with van der Waals surface area (Å²) in [5.41, 5.74) is 6.75. The smallest absolute Gasteiger partial charge is 0.231 e. The summed E-state index contributed by atoms with van der Waals surface area (Å²) in [5.74, 6) is -0.0123. The fourth-order valence-corrected chi connectivity index (χ4v) is 3.01. The molecule has 0 radical (unpaired) electrons. The largest absolute Gasteiger partial charge is 0.329 e. The highest BCUT2D eigenvalue weighted by molar-refractivity contribution is 5.98. The van der Waals surface area contributed by atoms with Crippen LogP contribution >= 0.6 is 0 Å². The normalized spacial score (nSPS) is 17.8. The fourth-order valence-electron chi connectivity index (χ4n) is 3.01. The Bertz CT molecular complexity index is 517. The summed E-state index contributed by atoms with van der Waals surface area (Å²) < 4.78 is 0. The van der Waals surface area contributed by atoms with Gasteiger partial charge in [-0.3, -0.25) is 9.59 Å². The molecule has 3 N–H and O–H groups in total. The number of hydrogen-bond acceptors (Lipinski definition) is 3. The lowest BCUT2D eigenvalue weighted by Gasteiger charge is -2.29. The maximum atomic E-state index is 12.7. The number of anilines is 1. The maximum Gasteiger partial charge on any atom is 0.231 e. The van der Waals surface area contributed by atoms with Crippen LogP contribution in [0.1, 0.15) is 55.8 Å². The monoisotopic (exact) mass is 288 g/mol. The molecule has 0 atom stereocenters. The number of carbonyl (C=O) groups is 2. The van der Waals surface area contributed by atoms with Crippen molar-refractivity contribution in [1.29, 1.82) is 0 Å². The van der Waals surface area contributed by atoms with Crippen LogP contribution in [0.5, 0.6) is 0 Å². The SMILES string of the molecule is CC(=O)c1cccc(NC(=O)C2(CN)CCCCCC2)c1. The Morgan fingerprint density at radius 3 is 2.43 bits per heavy atom. The van der Waals surface area contributed by atoms with Gasteiger partial charge in [0.05, 0.1) is 5.41 Å². The third kappa shape index (κ3) is 3.70. The van der Waals surface area contributed by atoms with Crippen LogP contribution in [0.15, 0.2) is 24.3 Å². The quantitative estimate of drug-likeness (QED) is 0.660. The number of hydrogen-bond donors (Lipinski definition) is 2. The number of Topliss-reactive ketones (excluding diaryl/α,β-unsaturated/α-hetero) is 1. The molecule has 0 bridgehead atoms. The average molecular weight is 288 g/mol. The Balaban J connectivity index is 2.15. The molecule has 0 aromatic heterocycles. The second-order valence-electron chi connectivity index (χ2n) is 5.99. The number of nitrogens with two attached hydrogens (primary N) is 1. The predicted octanol–water partition coefficient (Wildman–Crippen LogP) is 3.13. The molecule has 4 nitrogen and oxygen atoms in total. The van der Waals surface area contributed by atoms with Crippen LogP contribution < -0.4 is 11.1 Å². The minimum atomic E-state index is -0.456. The van der Waals surface area contributed by atoms with Crippen LogP contribution in [-0.2, 0) is 4.79 Å². The molecule has 0 unspecified atom stereocenters. The van der Waals surface area contributed by atoms with Crippen molar-refractivity contribution in [3.8, 4) is 0 Å². The van der Waals surface area contributed by atoms with Crippen LogP contribution in [-0.4, -0.2) is 18.2 Å². The van der Waals surface area contributed by atoms with Crippen molar-refractivity contribution in [2.75, 3.05) is 11.9 Å². The van der Waals surface area contributed by atoms with E-state index >= 15 is 0 Å². The predicted molar refractivity (Wildman–Crippen MR) is 84.3 cm³/mol. The van der Waals surface area contributed by atoms with Gasteiger partial charge in [-0.25, -0.2) is 0 Å². The molecule has 1 aliphatic carbocycles. The van der Waals surface area contributed by atoms with Gasteiger partial charge in [-0.1, -0.05) is 37.8 Å². The number of carbonyl (C=O) groups excluding carboxylic acids is 2. The van der Waals surface area contributed by atoms with E-state index in [1.54, 1.807) is 18.2 Å². The summed E-state index contributed by atoms with van der Waals surface area (Å²) in [7, 11) is 0. The van der Waals surface area contributed by atoms with E-state index in [9.17, 15) is 9.59 Å². The van der Waals surface area contributed by atoms with Crippen LogP contribution in [0.2, 0.25) is 0 Å². The Morgan fingerprint density at radius 2 is 1.86 bits per heavy atom. The molecule has 0 spiro atoms. The number of rotatable bonds is 4. The summed E-state index contributed by atoms with van der Waals surface area (Å²) in [6, 6.07) is 7.07. The average Bonchev–Trinajstić information content (AvgIpc) is 2.74. The van der Waals surface area contributed by atoms with Crippen molar-refractivity contribution < 1.29 is 9.59 Å². The highest BCUT2D eigenvalue weighted by Gasteiger charge is 2.37. The van der Waals surface area contributed by atoms with Crippen molar-refractivity contribution in [3.63, 3.8) is 0 Å². The molecule has 2 rings (SSSR count). The fraction of sp³-hybridized carbons (Fsp3) is 0.529. The topological polar surface area (TPSA) is 72.2 Å². The first-order chi connectivity index (χ1) is 10.1. The van der Waals surface area contributed by atoms with Gasteiger partial charge >= 0.3 is 0 Å². The number of benzene rings is 1. The van der Waals surface area contributed by atoms with Crippen LogP contribution in [0, 0.1) is 5.41 Å². The molecule has 1 aromatic rings. The summed E-state index contributed by atoms with van der Waals surface area (Å²) >= 11 is 0. The van der Waals surface area contributed by atoms with Crippen molar-refractivity contribution in [2.24, 2.45) is 11.1 Å². The summed E-state index contributed by atoms with van der Waals surface area (Å²) in [5, 5.41) is 2.96. The van der Waals surface area contributed by atoms with Gasteiger partial charge in [0.25, 0.3) is 0 Å². The molecule has 1 aromatic carbocycles. The van der Waals surface area contributed by atoms with Crippen molar-refractivity contribution in [1.82, 2.24) is 0 Å². The van der Waals surface area contributed by atoms with Gasteiger partial charge in [-0.05, 0) is 31.9 Å². The Morgan fingerprint density at radius 1 is 1.19 bits per heavy atom. The van der Waals surface area contributed by atoms with E-state index in [1.165, 1.54) is 19.8 Å². The van der Waals surface area contributed by atoms with E-state index in [0.717, 1.165) is 25.7 Å². The number of nitrogens with one attached hydrogen (secondary N) is 1. The number of amides is 1. The summed E-state index contributed by atoms with van der Waals surface area (Å²) in [6.45, 7) is 1.90. The third-order valence-corrected chi connectivity index (χ3v) is 4.46. The molecule has 1 amide bonds. The van der Waals surface area contributed by atoms with Crippen LogP contribution in [0.4, 0.5) is 5.69 Å². The number of ketones is 1. The van der Waals surface area contributed by atoms with E-state index < -0.39 is 5.41 Å². The molecule has 4 heteroatoms. The molecule has 0 aliphatic heterocycles. The lowest BCUT2D eigenvalue weighted by atomic mass is 9.79. The lowest BCUT2D eigenvalue weighted by Crippen LogP contribution is -2.42. The zero-order valence-electron chi connectivity index (χ0n) is 12.7. The van der Waals surface area contributed by atoms with E-state index in [4.69, 9.17) is 5.73 Å². The van der Waals surface area contributed by atoms with E-state index in [2.05, 4.69) is 5.32 Å². The first-order valence-corrected chi connectivity index (χ1v) is 7.70. The second-order valence-corrected chi connectivity index (χ2v) is 5.99. The lowest BCUT2D eigenvalue weighted by molar-refractivity contribution is -0.125. The first kappa shape index (κ1) is 15.7. The first-order valence-electron chi connectivity index (χ1n) is 7.70. The van der Waals surface area contributed by atoms with E-state index in [-0.39, 0.29) is 11.7 Å². The minimum Gasteiger partial charge on any atom is -0.329 e. The summed E-state index contributed by atoms with van der Waals surface area (Å²) in [6.07, 6.45) is 6.16. The Labute approximate surface area is 126 Å². The second kappa shape index (κ2) is 6.85. The Hall–Kier alpha value is -1.68. The van der Waals surface area contributed by atoms with Crippen LogP contribution in [0.3, 0.4) is 0 Å².